The standard InChI is InChI=1S/C15H16ClNO6/c16-10-5-9(6-11-14(10)23-4-3-22-11)7-13(18)17-1-2-21-12(8-17)15(19)20/h5-6,12H,1-4,7-8H2,(H,19,20)/t12-/m0/s1. The third-order valence-electron chi connectivity index (χ3n) is 3.71. The van der Waals surface area contributed by atoms with Crippen molar-refractivity contribution in [1.82, 2.24) is 4.90 Å². The maximum Gasteiger partial charge on any atom is 0.334 e. The molecule has 2 heterocycles. The minimum atomic E-state index is -1.06. The van der Waals surface area contributed by atoms with Crippen LogP contribution >= 0.6 is 11.6 Å². The average Bonchev–Trinajstić information content (AvgIpc) is 2.55. The van der Waals surface area contributed by atoms with Crippen LogP contribution in [0.15, 0.2) is 12.1 Å². The van der Waals surface area contributed by atoms with Crippen molar-refractivity contribution in [2.45, 2.75) is 12.5 Å². The highest BCUT2D eigenvalue weighted by Crippen LogP contribution is 2.38. The average molecular weight is 342 g/mol. The van der Waals surface area contributed by atoms with E-state index < -0.39 is 12.1 Å². The van der Waals surface area contributed by atoms with Gasteiger partial charge >= 0.3 is 5.97 Å². The topological polar surface area (TPSA) is 85.3 Å². The second kappa shape index (κ2) is 6.64. The van der Waals surface area contributed by atoms with E-state index in [4.69, 9.17) is 30.9 Å². The lowest BCUT2D eigenvalue weighted by Crippen LogP contribution is -2.49. The normalized spacial score (nSPS) is 20.2. The van der Waals surface area contributed by atoms with Gasteiger partial charge in [0, 0.05) is 6.54 Å². The highest BCUT2D eigenvalue weighted by atomic mass is 35.5. The fourth-order valence-electron chi connectivity index (χ4n) is 2.58. The Kier molecular flexibility index (Phi) is 4.58. The first kappa shape index (κ1) is 15.9. The molecule has 1 aromatic carbocycles. The van der Waals surface area contributed by atoms with E-state index in [1.165, 1.54) is 4.90 Å². The number of benzene rings is 1. The number of carboxylic acid groups (broad SMARTS) is 1. The number of hydrogen-bond acceptors (Lipinski definition) is 5. The van der Waals surface area contributed by atoms with E-state index in [2.05, 4.69) is 0 Å². The smallest absolute Gasteiger partial charge is 0.334 e. The second-order valence-electron chi connectivity index (χ2n) is 5.32. The first-order valence-corrected chi connectivity index (χ1v) is 7.62. The Morgan fingerprint density at radius 3 is 2.83 bits per heavy atom. The molecular weight excluding hydrogens is 326 g/mol. The lowest BCUT2D eigenvalue weighted by molar-refractivity contribution is -0.159. The fourth-order valence-corrected chi connectivity index (χ4v) is 2.87. The van der Waals surface area contributed by atoms with Crippen LogP contribution in [0.4, 0.5) is 0 Å². The Balaban J connectivity index is 1.70. The van der Waals surface area contributed by atoms with E-state index in [-0.39, 0.29) is 25.5 Å². The van der Waals surface area contributed by atoms with Crippen molar-refractivity contribution < 1.29 is 28.9 Å². The maximum absolute atomic E-state index is 12.4. The van der Waals surface area contributed by atoms with Crippen molar-refractivity contribution in [3.63, 3.8) is 0 Å². The zero-order valence-electron chi connectivity index (χ0n) is 12.3. The van der Waals surface area contributed by atoms with E-state index in [1.807, 2.05) is 0 Å². The molecule has 0 saturated carbocycles. The Hall–Kier alpha value is -1.99. The van der Waals surface area contributed by atoms with Gasteiger partial charge in [0.1, 0.15) is 13.2 Å². The molecule has 3 rings (SSSR count). The summed E-state index contributed by atoms with van der Waals surface area (Å²) in [6.07, 6.45) is -0.862. The third-order valence-corrected chi connectivity index (χ3v) is 3.99. The Morgan fingerprint density at radius 2 is 2.04 bits per heavy atom. The number of carbonyl (C=O) groups is 2. The molecule has 23 heavy (non-hydrogen) atoms. The number of amides is 1. The van der Waals surface area contributed by atoms with Crippen LogP contribution in [0.3, 0.4) is 0 Å². The molecule has 0 bridgehead atoms. The van der Waals surface area contributed by atoms with Crippen molar-refractivity contribution in [3.05, 3.63) is 22.7 Å². The third kappa shape index (κ3) is 3.51. The summed E-state index contributed by atoms with van der Waals surface area (Å²) in [6, 6.07) is 3.40. The number of ether oxygens (including phenoxy) is 3. The Labute approximate surface area is 137 Å². The molecule has 124 valence electrons. The highest BCUT2D eigenvalue weighted by molar-refractivity contribution is 6.32. The molecule has 7 nitrogen and oxygen atoms in total. The van der Waals surface area contributed by atoms with Gasteiger partial charge in [-0.2, -0.15) is 0 Å². The van der Waals surface area contributed by atoms with E-state index in [0.29, 0.717) is 41.8 Å². The summed E-state index contributed by atoms with van der Waals surface area (Å²) < 4.78 is 16.0. The molecule has 0 unspecified atom stereocenters. The molecule has 0 spiro atoms. The van der Waals surface area contributed by atoms with Crippen LogP contribution in [0, 0.1) is 0 Å². The molecular formula is C15H16ClNO6. The molecule has 0 aromatic heterocycles. The van der Waals surface area contributed by atoms with Gasteiger partial charge < -0.3 is 24.2 Å². The fraction of sp³-hybridized carbons (Fsp3) is 0.467. The lowest BCUT2D eigenvalue weighted by Gasteiger charge is -2.31. The van der Waals surface area contributed by atoms with Gasteiger partial charge in [0.2, 0.25) is 5.91 Å². The number of fused-ring (bicyclic) bond motifs is 1. The van der Waals surface area contributed by atoms with Gasteiger partial charge in [-0.25, -0.2) is 4.79 Å². The molecule has 1 fully saturated rings. The van der Waals surface area contributed by atoms with Crippen LogP contribution in [0.1, 0.15) is 5.56 Å². The molecule has 1 aromatic rings. The van der Waals surface area contributed by atoms with Gasteiger partial charge in [-0.3, -0.25) is 4.79 Å². The van der Waals surface area contributed by atoms with Gasteiger partial charge in [-0.05, 0) is 17.7 Å². The minimum Gasteiger partial charge on any atom is -0.486 e. The van der Waals surface area contributed by atoms with Crippen molar-refractivity contribution in [1.29, 1.82) is 0 Å². The predicted molar refractivity (Wildman–Crippen MR) is 80.1 cm³/mol. The van der Waals surface area contributed by atoms with E-state index in [9.17, 15) is 9.59 Å². The van der Waals surface area contributed by atoms with Gasteiger partial charge in [0.25, 0.3) is 0 Å². The summed E-state index contributed by atoms with van der Waals surface area (Å²) in [6.45, 7) is 1.51. The molecule has 1 saturated heterocycles. The van der Waals surface area contributed by atoms with Crippen LogP contribution in [-0.2, 0) is 20.7 Å². The van der Waals surface area contributed by atoms with E-state index in [0.717, 1.165) is 0 Å². The predicted octanol–water partition coefficient (Wildman–Crippen LogP) is 0.966. The number of nitrogens with zero attached hydrogens (tertiary/aromatic N) is 1. The number of morpholine rings is 1. The SMILES string of the molecule is O=C(O)[C@@H]1CN(C(=O)Cc2cc(Cl)c3c(c2)OCCO3)CCO1. The number of carboxylic acids is 1. The highest BCUT2D eigenvalue weighted by Gasteiger charge is 2.29. The van der Waals surface area contributed by atoms with Gasteiger partial charge in [-0.15, -0.1) is 0 Å². The quantitative estimate of drug-likeness (QED) is 0.881. The summed E-state index contributed by atoms with van der Waals surface area (Å²) in [7, 11) is 0. The Bertz CT molecular complexity index is 635. The molecule has 1 amide bonds. The van der Waals surface area contributed by atoms with E-state index in [1.54, 1.807) is 12.1 Å². The molecule has 2 aliphatic rings. The molecule has 0 radical (unpaired) electrons. The summed E-state index contributed by atoms with van der Waals surface area (Å²) >= 11 is 6.15. The van der Waals surface area contributed by atoms with Crippen LogP contribution in [0.25, 0.3) is 0 Å². The molecule has 2 aliphatic heterocycles. The molecule has 0 aliphatic carbocycles. The van der Waals surface area contributed by atoms with E-state index >= 15 is 0 Å². The number of aliphatic carboxylic acids is 1. The number of halogens is 1. The van der Waals surface area contributed by atoms with Crippen LogP contribution < -0.4 is 9.47 Å². The number of carbonyl (C=O) groups excluding carboxylic acids is 1. The second-order valence-corrected chi connectivity index (χ2v) is 5.72. The molecule has 1 atom stereocenters. The Morgan fingerprint density at radius 1 is 1.26 bits per heavy atom. The minimum absolute atomic E-state index is 0.0481. The summed E-state index contributed by atoms with van der Waals surface area (Å²) in [5, 5.41) is 9.38. The van der Waals surface area contributed by atoms with Crippen LogP contribution in [0.2, 0.25) is 5.02 Å². The largest absolute Gasteiger partial charge is 0.486 e. The van der Waals surface area contributed by atoms with Crippen molar-refractivity contribution >= 4 is 23.5 Å². The van der Waals surface area contributed by atoms with Crippen molar-refractivity contribution in [2.24, 2.45) is 0 Å². The molecule has 1 N–H and O–H groups in total. The van der Waals surface area contributed by atoms with Gasteiger partial charge in [0.15, 0.2) is 17.6 Å². The summed E-state index contributed by atoms with van der Waals surface area (Å²) in [4.78, 5) is 24.8. The van der Waals surface area contributed by atoms with Crippen molar-refractivity contribution in [3.8, 4) is 11.5 Å². The van der Waals surface area contributed by atoms with Gasteiger partial charge in [0.05, 0.1) is 24.6 Å². The summed E-state index contributed by atoms with van der Waals surface area (Å²) in [5.74, 6) is -0.222. The lowest BCUT2D eigenvalue weighted by atomic mass is 10.1. The van der Waals surface area contributed by atoms with Crippen LogP contribution in [0.5, 0.6) is 11.5 Å². The zero-order valence-corrected chi connectivity index (χ0v) is 13.0. The van der Waals surface area contributed by atoms with Gasteiger partial charge in [-0.1, -0.05) is 11.6 Å². The number of rotatable bonds is 3. The molecule has 8 heteroatoms. The zero-order chi connectivity index (χ0) is 16.4. The first-order valence-electron chi connectivity index (χ1n) is 7.25. The monoisotopic (exact) mass is 341 g/mol. The first-order chi connectivity index (χ1) is 11.0. The van der Waals surface area contributed by atoms with Crippen LogP contribution in [-0.4, -0.2) is 60.9 Å². The van der Waals surface area contributed by atoms with Crippen molar-refractivity contribution in [2.75, 3.05) is 32.9 Å². The number of hydrogen-bond donors (Lipinski definition) is 1. The maximum atomic E-state index is 12.4. The summed E-state index contributed by atoms with van der Waals surface area (Å²) in [5.41, 5.74) is 0.697.